The Morgan fingerprint density at radius 2 is 1.78 bits per heavy atom. The van der Waals surface area contributed by atoms with E-state index in [-0.39, 0.29) is 0 Å². The maximum atomic E-state index is 3.76. The van der Waals surface area contributed by atoms with Gasteiger partial charge in [-0.1, -0.05) is 67.6 Å². The lowest BCUT2D eigenvalue weighted by atomic mass is 9.89. The molecule has 0 unspecified atom stereocenters. The van der Waals surface area contributed by atoms with Crippen LogP contribution in [0.15, 0.2) is 60.7 Å². The highest BCUT2D eigenvalue weighted by molar-refractivity contribution is 6.14. The molecule has 1 nitrogen and oxygen atoms in total. The summed E-state index contributed by atoms with van der Waals surface area (Å²) in [5.74, 6) is 0. The van der Waals surface area contributed by atoms with Crippen LogP contribution in [0.2, 0.25) is 0 Å². The summed E-state index contributed by atoms with van der Waals surface area (Å²) in [5, 5.41) is 2.76. The highest BCUT2D eigenvalue weighted by Crippen LogP contribution is 2.37. The zero-order chi connectivity index (χ0) is 18.2. The maximum Gasteiger partial charge on any atom is 0.0500 e. The Morgan fingerprint density at radius 1 is 0.926 bits per heavy atom. The van der Waals surface area contributed by atoms with Gasteiger partial charge in [0.25, 0.3) is 0 Å². The first-order valence-electron chi connectivity index (χ1n) is 10.2. The third-order valence-corrected chi connectivity index (χ3v) is 5.99. The van der Waals surface area contributed by atoms with Crippen molar-refractivity contribution in [2.45, 2.75) is 39.0 Å². The quantitative estimate of drug-likeness (QED) is 0.377. The van der Waals surface area contributed by atoms with Gasteiger partial charge in [0.15, 0.2) is 0 Å². The lowest BCUT2D eigenvalue weighted by Gasteiger charge is -2.16. The van der Waals surface area contributed by atoms with Gasteiger partial charge in [0.1, 0.15) is 0 Å². The van der Waals surface area contributed by atoms with E-state index in [2.05, 4.69) is 78.6 Å². The van der Waals surface area contributed by atoms with Crippen molar-refractivity contribution in [1.82, 2.24) is 4.98 Å². The second kappa shape index (κ2) is 6.74. The van der Waals surface area contributed by atoms with Gasteiger partial charge in [-0.2, -0.15) is 0 Å². The van der Waals surface area contributed by atoms with Crippen LogP contribution in [0.4, 0.5) is 0 Å². The Labute approximate surface area is 160 Å². The summed E-state index contributed by atoms with van der Waals surface area (Å²) >= 11 is 0. The SMILES string of the molecule is CC/C(=C\c1ccccc1)c1cccc2[nH]c3c4c(ccc3c12)CCCC4. The number of allylic oxidation sites excluding steroid dienone is 1. The van der Waals surface area contributed by atoms with E-state index in [1.807, 2.05) is 0 Å². The minimum Gasteiger partial charge on any atom is -0.354 e. The largest absolute Gasteiger partial charge is 0.354 e. The number of nitrogens with one attached hydrogen (secondary N) is 1. The van der Waals surface area contributed by atoms with Gasteiger partial charge in [-0.3, -0.25) is 0 Å². The molecule has 0 saturated heterocycles. The zero-order valence-corrected chi connectivity index (χ0v) is 15.9. The van der Waals surface area contributed by atoms with Crippen LogP contribution in [0.5, 0.6) is 0 Å². The molecule has 0 aliphatic heterocycles. The summed E-state index contributed by atoms with van der Waals surface area (Å²) in [6.07, 6.45) is 8.42. The molecule has 0 fully saturated rings. The molecule has 0 spiro atoms. The van der Waals surface area contributed by atoms with Crippen LogP contribution >= 0.6 is 0 Å². The summed E-state index contributed by atoms with van der Waals surface area (Å²) in [4.78, 5) is 3.76. The van der Waals surface area contributed by atoms with Crippen molar-refractivity contribution in [3.05, 3.63) is 82.9 Å². The Balaban J connectivity index is 1.76. The average Bonchev–Trinajstić information content (AvgIpc) is 3.12. The number of H-pyrrole nitrogens is 1. The van der Waals surface area contributed by atoms with Crippen LogP contribution in [-0.2, 0) is 12.8 Å². The number of aromatic nitrogens is 1. The van der Waals surface area contributed by atoms with E-state index in [0.29, 0.717) is 0 Å². The van der Waals surface area contributed by atoms with Crippen LogP contribution in [0.3, 0.4) is 0 Å². The van der Waals surface area contributed by atoms with Crippen molar-refractivity contribution in [2.75, 3.05) is 0 Å². The first kappa shape index (κ1) is 16.4. The second-order valence-corrected chi connectivity index (χ2v) is 7.62. The van der Waals surface area contributed by atoms with Gasteiger partial charge in [-0.25, -0.2) is 0 Å². The normalized spacial score (nSPS) is 14.6. The molecule has 1 aliphatic carbocycles. The van der Waals surface area contributed by atoms with Crippen molar-refractivity contribution < 1.29 is 0 Å². The monoisotopic (exact) mass is 351 g/mol. The number of aromatic amines is 1. The molecule has 1 aromatic heterocycles. The van der Waals surface area contributed by atoms with E-state index in [9.17, 15) is 0 Å². The molecule has 4 aromatic rings. The van der Waals surface area contributed by atoms with E-state index < -0.39 is 0 Å². The Morgan fingerprint density at radius 3 is 2.63 bits per heavy atom. The fourth-order valence-corrected chi connectivity index (χ4v) is 4.65. The van der Waals surface area contributed by atoms with Gasteiger partial charge in [-0.05, 0) is 66.0 Å². The van der Waals surface area contributed by atoms with Gasteiger partial charge in [0.2, 0.25) is 0 Å². The second-order valence-electron chi connectivity index (χ2n) is 7.62. The molecule has 0 radical (unpaired) electrons. The Hall–Kier alpha value is -2.80. The summed E-state index contributed by atoms with van der Waals surface area (Å²) in [6, 6.07) is 22.1. The summed E-state index contributed by atoms with van der Waals surface area (Å²) in [7, 11) is 0. The molecular formula is C26H25N. The highest BCUT2D eigenvalue weighted by atomic mass is 14.7. The molecule has 5 rings (SSSR count). The van der Waals surface area contributed by atoms with Crippen molar-refractivity contribution in [2.24, 2.45) is 0 Å². The van der Waals surface area contributed by atoms with Crippen LogP contribution in [0.1, 0.15) is 48.4 Å². The molecule has 3 aromatic carbocycles. The molecule has 1 aliphatic rings. The van der Waals surface area contributed by atoms with Crippen LogP contribution in [0, 0.1) is 0 Å². The molecular weight excluding hydrogens is 326 g/mol. The number of rotatable bonds is 3. The smallest absolute Gasteiger partial charge is 0.0500 e. The van der Waals surface area contributed by atoms with Crippen LogP contribution < -0.4 is 0 Å². The fraction of sp³-hybridized carbons (Fsp3) is 0.231. The summed E-state index contributed by atoms with van der Waals surface area (Å²) in [5.41, 5.74) is 9.73. The molecule has 0 saturated carbocycles. The standard InChI is InChI=1S/C26H25N/c1-2-19(17-18-9-4-3-5-10-18)21-13-8-14-24-25(21)23-16-15-20-11-6-7-12-22(20)26(23)27-24/h3-5,8-10,13-17,27H,2,6-7,11-12H2,1H3/b19-17+. The van der Waals surface area contributed by atoms with E-state index in [4.69, 9.17) is 0 Å². The first-order valence-corrected chi connectivity index (χ1v) is 10.2. The van der Waals surface area contributed by atoms with E-state index in [1.165, 1.54) is 69.8 Å². The van der Waals surface area contributed by atoms with E-state index in [1.54, 1.807) is 5.56 Å². The number of benzene rings is 3. The van der Waals surface area contributed by atoms with Gasteiger partial charge >= 0.3 is 0 Å². The predicted octanol–water partition coefficient (Wildman–Crippen LogP) is 7.15. The zero-order valence-electron chi connectivity index (χ0n) is 15.9. The summed E-state index contributed by atoms with van der Waals surface area (Å²) < 4.78 is 0. The van der Waals surface area contributed by atoms with E-state index >= 15 is 0 Å². The average molecular weight is 351 g/mol. The first-order chi connectivity index (χ1) is 13.3. The lowest BCUT2D eigenvalue weighted by Crippen LogP contribution is -2.02. The summed E-state index contributed by atoms with van der Waals surface area (Å²) in [6.45, 7) is 2.25. The topological polar surface area (TPSA) is 15.8 Å². The predicted molar refractivity (Wildman–Crippen MR) is 117 cm³/mol. The lowest BCUT2D eigenvalue weighted by molar-refractivity contribution is 0.689. The molecule has 27 heavy (non-hydrogen) atoms. The number of fused-ring (bicyclic) bond motifs is 5. The van der Waals surface area contributed by atoms with Crippen molar-refractivity contribution in [3.8, 4) is 0 Å². The van der Waals surface area contributed by atoms with Crippen molar-refractivity contribution in [3.63, 3.8) is 0 Å². The number of hydrogen-bond donors (Lipinski definition) is 1. The molecule has 0 bridgehead atoms. The van der Waals surface area contributed by atoms with Gasteiger partial charge in [0.05, 0.1) is 0 Å². The van der Waals surface area contributed by atoms with Crippen molar-refractivity contribution >= 4 is 33.5 Å². The van der Waals surface area contributed by atoms with E-state index in [0.717, 1.165) is 6.42 Å². The molecule has 0 amide bonds. The fourth-order valence-electron chi connectivity index (χ4n) is 4.65. The number of hydrogen-bond acceptors (Lipinski definition) is 0. The number of aryl methyl sites for hydroxylation is 2. The third-order valence-electron chi connectivity index (χ3n) is 5.99. The highest BCUT2D eigenvalue weighted by Gasteiger charge is 2.17. The van der Waals surface area contributed by atoms with Gasteiger partial charge < -0.3 is 4.98 Å². The van der Waals surface area contributed by atoms with Gasteiger partial charge in [0, 0.05) is 21.8 Å². The molecule has 1 heterocycles. The maximum absolute atomic E-state index is 3.76. The third kappa shape index (κ3) is 2.78. The Bertz CT molecular complexity index is 1150. The van der Waals surface area contributed by atoms with Crippen molar-refractivity contribution in [1.29, 1.82) is 0 Å². The molecule has 1 N–H and O–H groups in total. The minimum atomic E-state index is 1.02. The van der Waals surface area contributed by atoms with Gasteiger partial charge in [-0.15, -0.1) is 0 Å². The van der Waals surface area contributed by atoms with Crippen LogP contribution in [0.25, 0.3) is 33.5 Å². The molecule has 1 heteroatoms. The minimum absolute atomic E-state index is 1.02. The molecule has 134 valence electrons. The molecule has 0 atom stereocenters. The van der Waals surface area contributed by atoms with Crippen LogP contribution in [-0.4, -0.2) is 4.98 Å². The Kier molecular flexibility index (Phi) is 4.09.